The van der Waals surface area contributed by atoms with Gasteiger partial charge in [0, 0.05) is 17.1 Å². The maximum atomic E-state index is 10.8. The van der Waals surface area contributed by atoms with Gasteiger partial charge in [0.05, 0.1) is 5.56 Å². The lowest BCUT2D eigenvalue weighted by molar-refractivity contribution is 0.0697. The van der Waals surface area contributed by atoms with Crippen molar-refractivity contribution in [3.63, 3.8) is 0 Å². The third-order valence-electron chi connectivity index (χ3n) is 3.36. The molecule has 0 saturated carbocycles. The van der Waals surface area contributed by atoms with Crippen LogP contribution in [0.25, 0.3) is 0 Å². The molecule has 1 fully saturated rings. The minimum atomic E-state index is -0.883. The second-order valence-corrected chi connectivity index (χ2v) is 5.43. The van der Waals surface area contributed by atoms with Crippen LogP contribution in [0.5, 0.6) is 0 Å². The maximum Gasteiger partial charge on any atom is 0.335 e. The van der Waals surface area contributed by atoms with Crippen molar-refractivity contribution in [1.82, 2.24) is 4.90 Å². The molecule has 1 aromatic rings. The number of carbonyl (C=O) groups is 1. The minimum absolute atomic E-state index is 0.329. The number of hydrogen-bond acceptors (Lipinski definition) is 2. The van der Waals surface area contributed by atoms with E-state index in [1.807, 2.05) is 6.07 Å². The number of carboxylic acids is 1. The molecular formula is C13H16BrNO2. The van der Waals surface area contributed by atoms with Gasteiger partial charge in [-0.2, -0.15) is 0 Å². The largest absolute Gasteiger partial charge is 0.478 e. The molecule has 1 N–H and O–H groups in total. The van der Waals surface area contributed by atoms with Crippen molar-refractivity contribution in [3.8, 4) is 0 Å². The highest BCUT2D eigenvalue weighted by Crippen LogP contribution is 2.24. The van der Waals surface area contributed by atoms with Gasteiger partial charge < -0.3 is 5.11 Å². The van der Waals surface area contributed by atoms with E-state index in [0.29, 0.717) is 11.6 Å². The first-order chi connectivity index (χ1) is 8.08. The van der Waals surface area contributed by atoms with Gasteiger partial charge >= 0.3 is 5.97 Å². The van der Waals surface area contributed by atoms with Crippen molar-refractivity contribution in [2.75, 3.05) is 6.54 Å². The second-order valence-electron chi connectivity index (χ2n) is 4.57. The summed E-state index contributed by atoms with van der Waals surface area (Å²) < 4.78 is 0.886. The Bertz CT molecular complexity index is 433. The highest BCUT2D eigenvalue weighted by atomic mass is 79.9. The fourth-order valence-electron chi connectivity index (χ4n) is 2.26. The zero-order chi connectivity index (χ0) is 12.4. The molecule has 1 atom stereocenters. The summed E-state index contributed by atoms with van der Waals surface area (Å²) in [7, 11) is 0. The number of hydrogen-bond donors (Lipinski definition) is 1. The van der Waals surface area contributed by atoms with Crippen LogP contribution in [-0.2, 0) is 6.54 Å². The average Bonchev–Trinajstić information content (AvgIpc) is 2.67. The molecule has 1 unspecified atom stereocenters. The van der Waals surface area contributed by atoms with Crippen LogP contribution in [0.3, 0.4) is 0 Å². The van der Waals surface area contributed by atoms with E-state index in [9.17, 15) is 4.79 Å². The van der Waals surface area contributed by atoms with Gasteiger partial charge in [-0.05, 0) is 44.0 Å². The van der Waals surface area contributed by atoms with Crippen LogP contribution in [-0.4, -0.2) is 28.6 Å². The van der Waals surface area contributed by atoms with Gasteiger partial charge in [0.2, 0.25) is 0 Å². The Hall–Kier alpha value is -0.870. The fourth-order valence-corrected chi connectivity index (χ4v) is 2.76. The first-order valence-corrected chi connectivity index (χ1v) is 6.63. The molecule has 0 radical (unpaired) electrons. The topological polar surface area (TPSA) is 40.5 Å². The van der Waals surface area contributed by atoms with E-state index in [2.05, 4.69) is 27.8 Å². The molecule has 1 aromatic carbocycles. The van der Waals surface area contributed by atoms with Crippen LogP contribution in [0.4, 0.5) is 0 Å². The highest BCUT2D eigenvalue weighted by molar-refractivity contribution is 9.10. The lowest BCUT2D eigenvalue weighted by atomic mass is 10.1. The summed E-state index contributed by atoms with van der Waals surface area (Å²) in [6, 6.07) is 5.88. The summed E-state index contributed by atoms with van der Waals surface area (Å²) >= 11 is 3.45. The van der Waals surface area contributed by atoms with Crippen molar-refractivity contribution >= 4 is 21.9 Å². The zero-order valence-electron chi connectivity index (χ0n) is 9.82. The Labute approximate surface area is 110 Å². The number of aromatic carboxylic acids is 1. The van der Waals surface area contributed by atoms with Crippen molar-refractivity contribution in [3.05, 3.63) is 33.8 Å². The second kappa shape index (κ2) is 5.19. The molecule has 4 heteroatoms. The van der Waals surface area contributed by atoms with Crippen LogP contribution >= 0.6 is 15.9 Å². The SMILES string of the molecule is CC1CCCN1Cc1ccc(C(=O)O)cc1Br. The summed E-state index contributed by atoms with van der Waals surface area (Å²) in [4.78, 5) is 13.3. The molecule has 1 heterocycles. The number of benzene rings is 1. The van der Waals surface area contributed by atoms with Crippen LogP contribution < -0.4 is 0 Å². The summed E-state index contributed by atoms with van der Waals surface area (Å²) in [5.74, 6) is -0.883. The van der Waals surface area contributed by atoms with Crippen LogP contribution in [0.1, 0.15) is 35.7 Å². The van der Waals surface area contributed by atoms with Crippen molar-refractivity contribution < 1.29 is 9.90 Å². The van der Waals surface area contributed by atoms with Gasteiger partial charge in [-0.25, -0.2) is 4.79 Å². The number of nitrogens with zero attached hydrogens (tertiary/aromatic N) is 1. The highest BCUT2D eigenvalue weighted by Gasteiger charge is 2.20. The predicted octanol–water partition coefficient (Wildman–Crippen LogP) is 3.13. The number of likely N-dealkylation sites (tertiary alicyclic amines) is 1. The fraction of sp³-hybridized carbons (Fsp3) is 0.462. The van der Waals surface area contributed by atoms with E-state index in [1.54, 1.807) is 12.1 Å². The summed E-state index contributed by atoms with van der Waals surface area (Å²) in [6.45, 7) is 4.27. The molecule has 1 saturated heterocycles. The molecule has 1 aliphatic rings. The lowest BCUT2D eigenvalue weighted by Gasteiger charge is -2.21. The molecule has 92 valence electrons. The third-order valence-corrected chi connectivity index (χ3v) is 4.10. The van der Waals surface area contributed by atoms with E-state index in [-0.39, 0.29) is 0 Å². The van der Waals surface area contributed by atoms with Crippen molar-refractivity contribution in [2.24, 2.45) is 0 Å². The Morgan fingerprint density at radius 3 is 2.88 bits per heavy atom. The van der Waals surface area contributed by atoms with Gasteiger partial charge in [0.1, 0.15) is 0 Å². The summed E-state index contributed by atoms with van der Waals surface area (Å²) in [5.41, 5.74) is 1.49. The minimum Gasteiger partial charge on any atom is -0.478 e. The monoisotopic (exact) mass is 297 g/mol. The van der Waals surface area contributed by atoms with E-state index < -0.39 is 5.97 Å². The molecule has 3 nitrogen and oxygen atoms in total. The molecule has 0 aliphatic carbocycles. The maximum absolute atomic E-state index is 10.8. The average molecular weight is 298 g/mol. The summed E-state index contributed by atoms with van der Waals surface area (Å²) in [6.07, 6.45) is 2.51. The Balaban J connectivity index is 2.14. The molecule has 0 spiro atoms. The number of rotatable bonds is 3. The number of carboxylic acid groups (broad SMARTS) is 1. The zero-order valence-corrected chi connectivity index (χ0v) is 11.4. The van der Waals surface area contributed by atoms with E-state index in [4.69, 9.17) is 5.11 Å². The van der Waals surface area contributed by atoms with Crippen LogP contribution in [0.15, 0.2) is 22.7 Å². The first kappa shape index (κ1) is 12.6. The number of halogens is 1. The van der Waals surface area contributed by atoms with Gasteiger partial charge in [-0.3, -0.25) is 4.90 Å². The predicted molar refractivity (Wildman–Crippen MR) is 70.2 cm³/mol. The summed E-state index contributed by atoms with van der Waals surface area (Å²) in [5, 5.41) is 8.90. The third kappa shape index (κ3) is 2.87. The molecule has 17 heavy (non-hydrogen) atoms. The molecule has 1 aliphatic heterocycles. The van der Waals surface area contributed by atoms with Crippen molar-refractivity contribution in [1.29, 1.82) is 0 Å². The Morgan fingerprint density at radius 1 is 1.59 bits per heavy atom. The first-order valence-electron chi connectivity index (χ1n) is 5.83. The standard InChI is InChI=1S/C13H16BrNO2/c1-9-3-2-6-15(9)8-11-5-4-10(13(16)17)7-12(11)14/h4-5,7,9H,2-3,6,8H2,1H3,(H,16,17). The molecule has 0 aromatic heterocycles. The van der Waals surface area contributed by atoms with E-state index in [1.165, 1.54) is 12.8 Å². The van der Waals surface area contributed by atoms with Gasteiger partial charge in [-0.1, -0.05) is 22.0 Å². The molecular weight excluding hydrogens is 282 g/mol. The lowest BCUT2D eigenvalue weighted by Crippen LogP contribution is -2.26. The van der Waals surface area contributed by atoms with E-state index >= 15 is 0 Å². The van der Waals surface area contributed by atoms with Crippen LogP contribution in [0.2, 0.25) is 0 Å². The quantitative estimate of drug-likeness (QED) is 0.932. The van der Waals surface area contributed by atoms with E-state index in [0.717, 1.165) is 23.1 Å². The Morgan fingerprint density at radius 2 is 2.35 bits per heavy atom. The molecule has 2 rings (SSSR count). The smallest absolute Gasteiger partial charge is 0.335 e. The van der Waals surface area contributed by atoms with Crippen LogP contribution in [0, 0.1) is 0 Å². The Kier molecular flexibility index (Phi) is 3.84. The van der Waals surface area contributed by atoms with Gasteiger partial charge in [0.15, 0.2) is 0 Å². The molecule has 0 bridgehead atoms. The molecule has 0 amide bonds. The normalized spacial score (nSPS) is 20.7. The van der Waals surface area contributed by atoms with Crippen molar-refractivity contribution in [2.45, 2.75) is 32.4 Å². The van der Waals surface area contributed by atoms with Gasteiger partial charge in [-0.15, -0.1) is 0 Å². The van der Waals surface area contributed by atoms with Gasteiger partial charge in [0.25, 0.3) is 0 Å².